The van der Waals surface area contributed by atoms with Gasteiger partial charge >= 0.3 is 0 Å². The van der Waals surface area contributed by atoms with E-state index in [1.165, 1.54) is 5.75 Å². The minimum atomic E-state index is 0.349. The summed E-state index contributed by atoms with van der Waals surface area (Å²) in [4.78, 5) is 1.55. The van der Waals surface area contributed by atoms with Gasteiger partial charge in [-0.05, 0) is 29.5 Å². The van der Waals surface area contributed by atoms with Crippen molar-refractivity contribution in [1.82, 2.24) is 0 Å². The molecule has 0 bridgehead atoms. The number of rotatable bonds is 2. The van der Waals surface area contributed by atoms with Crippen LogP contribution in [0.25, 0.3) is 0 Å². The minimum Gasteiger partial charge on any atom is -0.0621 e. The summed E-state index contributed by atoms with van der Waals surface area (Å²) in [6.07, 6.45) is 1.16. The van der Waals surface area contributed by atoms with Gasteiger partial charge in [0.1, 0.15) is 16.0 Å². The lowest BCUT2D eigenvalue weighted by Crippen LogP contribution is -1.76. The van der Waals surface area contributed by atoms with Crippen molar-refractivity contribution in [3.05, 3.63) is 46.7 Å². The van der Waals surface area contributed by atoms with Crippen molar-refractivity contribution in [3.8, 4) is 0 Å². The van der Waals surface area contributed by atoms with E-state index in [-0.39, 0.29) is 0 Å². The molecule has 1 unspecified atom stereocenters. The summed E-state index contributed by atoms with van der Waals surface area (Å²) < 4.78 is 0. The quantitative estimate of drug-likeness (QED) is 0.619. The number of hydrogen-bond donors (Lipinski definition) is 0. The van der Waals surface area contributed by atoms with Gasteiger partial charge in [-0.25, -0.2) is 0 Å². The molecule has 0 nitrogen and oxygen atoms in total. The van der Waals surface area contributed by atoms with Gasteiger partial charge in [-0.1, -0.05) is 31.2 Å². The Hall–Kier alpha value is -0.820. The predicted octanol–water partition coefficient (Wildman–Crippen LogP) is 4.14. The topological polar surface area (TPSA) is 0 Å². The van der Waals surface area contributed by atoms with Crippen molar-refractivity contribution >= 4 is 10.5 Å². The largest absolute Gasteiger partial charge is 0.149 e. The molecule has 0 aliphatic carbocycles. The highest BCUT2D eigenvalue weighted by Crippen LogP contribution is 2.21. The van der Waals surface area contributed by atoms with Gasteiger partial charge in [0.25, 0.3) is 0 Å². The second-order valence-corrected chi connectivity index (χ2v) is 5.03. The van der Waals surface area contributed by atoms with E-state index in [1.807, 2.05) is 0 Å². The summed E-state index contributed by atoms with van der Waals surface area (Å²) >= 11 is 0. The minimum absolute atomic E-state index is 0.349. The maximum Gasteiger partial charge on any atom is 0.149 e. The van der Waals surface area contributed by atoms with Crippen LogP contribution in [0.4, 0.5) is 0 Å². The van der Waals surface area contributed by atoms with E-state index < -0.39 is 0 Å². The van der Waals surface area contributed by atoms with Crippen LogP contribution < -0.4 is 0 Å². The van der Waals surface area contributed by atoms with Crippen LogP contribution in [0.5, 0.6) is 0 Å². The third-order valence-electron chi connectivity index (χ3n) is 1.97. The van der Waals surface area contributed by atoms with E-state index in [0.29, 0.717) is 10.5 Å². The summed E-state index contributed by atoms with van der Waals surface area (Å²) in [6, 6.07) is 12.8. The predicted molar refractivity (Wildman–Crippen MR) is 61.6 cm³/mol. The Bertz CT molecular complexity index is 269. The van der Waals surface area contributed by atoms with Gasteiger partial charge in [-0.15, -0.1) is 0 Å². The molecular formula is C12H17S+. The molecule has 1 aromatic rings. The molecular weight excluding hydrogens is 176 g/mol. The van der Waals surface area contributed by atoms with Crippen molar-refractivity contribution in [2.75, 3.05) is 0 Å². The third-order valence-corrected chi connectivity index (χ3v) is 4.17. The van der Waals surface area contributed by atoms with Gasteiger partial charge in [0, 0.05) is 6.42 Å². The normalized spacial score (nSPS) is 10.8. The molecule has 0 aromatic carbocycles. The van der Waals surface area contributed by atoms with Gasteiger partial charge < -0.3 is 0 Å². The molecule has 0 amide bonds. The van der Waals surface area contributed by atoms with Crippen LogP contribution in [-0.4, -0.2) is 0 Å². The Balaban J connectivity index is 3.25. The fourth-order valence-corrected chi connectivity index (χ4v) is 2.90. The lowest BCUT2D eigenvalue weighted by atomic mass is 10.4. The Morgan fingerprint density at radius 2 is 1.69 bits per heavy atom. The third kappa shape index (κ3) is 3.19. The molecule has 1 aromatic heterocycles. The monoisotopic (exact) mass is 193 g/mol. The molecule has 0 aliphatic rings. The average Bonchev–Trinajstić information content (AvgIpc) is 2.28. The van der Waals surface area contributed by atoms with Crippen molar-refractivity contribution < 1.29 is 0 Å². The van der Waals surface area contributed by atoms with Gasteiger partial charge in [-0.2, -0.15) is 0 Å². The Morgan fingerprint density at radius 1 is 1.00 bits per heavy atom. The molecule has 0 saturated carbocycles. The van der Waals surface area contributed by atoms with Crippen LogP contribution in [0, 0.1) is 0 Å². The van der Waals surface area contributed by atoms with Crippen molar-refractivity contribution in [2.45, 2.75) is 26.0 Å². The Kier molecular flexibility index (Phi) is 4.55. The highest BCUT2D eigenvalue weighted by molar-refractivity contribution is 7.28. The summed E-state index contributed by atoms with van der Waals surface area (Å²) in [5, 5.41) is 2.32. The maximum atomic E-state index is 2.32. The zero-order valence-electron chi connectivity index (χ0n) is 8.36. The first-order chi connectivity index (χ1) is 6.38. The van der Waals surface area contributed by atoms with Crippen LogP contribution in [0.3, 0.4) is 0 Å². The van der Waals surface area contributed by atoms with Crippen molar-refractivity contribution in [3.63, 3.8) is 0 Å². The molecule has 0 N–H and O–H groups in total. The second kappa shape index (κ2) is 5.76. The van der Waals surface area contributed by atoms with E-state index in [4.69, 9.17) is 0 Å². The van der Waals surface area contributed by atoms with E-state index >= 15 is 0 Å². The molecule has 1 heteroatoms. The fourth-order valence-electron chi connectivity index (χ4n) is 1.26. The second-order valence-electron chi connectivity index (χ2n) is 2.80. The highest BCUT2D eigenvalue weighted by Gasteiger charge is 2.02. The molecule has 0 aliphatic heterocycles. The van der Waals surface area contributed by atoms with E-state index in [0.717, 1.165) is 6.42 Å². The number of hydrogen-bond acceptors (Lipinski definition) is 0. The first-order valence-electron chi connectivity index (χ1n) is 4.78. The fraction of sp³-hybridized carbons (Fsp3) is 0.333. The Morgan fingerprint density at radius 3 is 2.38 bits per heavy atom. The molecule has 0 saturated heterocycles. The van der Waals surface area contributed by atoms with Crippen LogP contribution in [0.15, 0.2) is 41.8 Å². The Labute approximate surface area is 83.5 Å². The zero-order valence-corrected chi connectivity index (χ0v) is 9.18. The highest BCUT2D eigenvalue weighted by atomic mass is 32.2. The maximum absolute atomic E-state index is 2.32. The lowest BCUT2D eigenvalue weighted by Gasteiger charge is -1.89. The van der Waals surface area contributed by atoms with Gasteiger partial charge in [0.15, 0.2) is 0 Å². The van der Waals surface area contributed by atoms with E-state index in [9.17, 15) is 0 Å². The van der Waals surface area contributed by atoms with Crippen LogP contribution in [-0.2, 0) is 12.2 Å². The van der Waals surface area contributed by atoms with Crippen molar-refractivity contribution in [1.29, 1.82) is 0 Å². The summed E-state index contributed by atoms with van der Waals surface area (Å²) in [7, 11) is 0.349. The van der Waals surface area contributed by atoms with Crippen LogP contribution in [0.2, 0.25) is 0 Å². The van der Waals surface area contributed by atoms with E-state index in [1.54, 1.807) is 4.88 Å². The van der Waals surface area contributed by atoms with E-state index in [2.05, 4.69) is 55.6 Å². The molecule has 0 spiro atoms. The molecule has 1 rings (SSSR count). The van der Waals surface area contributed by atoms with Gasteiger partial charge in [0.2, 0.25) is 0 Å². The van der Waals surface area contributed by atoms with Crippen molar-refractivity contribution in [2.24, 2.45) is 0 Å². The number of aryl methyl sites for hydroxylation is 2. The standard InChI is InChI=1S/C12H17S/c1-3-12-10-8-6-5-7-9-11-13(12)4-2/h5-11H,3-4H2,1-2H3/q+1. The first-order valence-corrected chi connectivity index (χ1v) is 6.24. The molecule has 1 heterocycles. The molecule has 0 fully saturated rings. The molecule has 1 atom stereocenters. The molecule has 13 heavy (non-hydrogen) atoms. The lowest BCUT2D eigenvalue weighted by molar-refractivity contribution is 1.17. The summed E-state index contributed by atoms with van der Waals surface area (Å²) in [5.41, 5.74) is 0. The average molecular weight is 193 g/mol. The van der Waals surface area contributed by atoms with Crippen LogP contribution >= 0.6 is 10.5 Å². The zero-order chi connectivity index (χ0) is 9.52. The van der Waals surface area contributed by atoms with Crippen LogP contribution in [0.1, 0.15) is 18.7 Å². The summed E-state index contributed by atoms with van der Waals surface area (Å²) in [6.45, 7) is 4.48. The SMILES string of the molecule is CCc1ccccccc[s+]1CC. The van der Waals surface area contributed by atoms with Gasteiger partial charge in [-0.3, -0.25) is 0 Å². The molecule has 0 radical (unpaired) electrons. The summed E-state index contributed by atoms with van der Waals surface area (Å²) in [5.74, 6) is 1.22. The smallest absolute Gasteiger partial charge is 0.0621 e. The molecule has 70 valence electrons. The van der Waals surface area contributed by atoms with Gasteiger partial charge in [0.05, 0.1) is 0 Å². The first kappa shape index (κ1) is 10.3.